The number of halogens is 21. The number of rotatable bonds is 10. The van der Waals surface area contributed by atoms with Gasteiger partial charge in [-0.15, -0.1) is 0 Å². The summed E-state index contributed by atoms with van der Waals surface area (Å²) in [5, 5.41) is 8.07. The summed E-state index contributed by atoms with van der Waals surface area (Å²) >= 11 is 0. The maximum absolute atomic E-state index is 13.4. The second-order valence-corrected chi connectivity index (χ2v) is 6.30. The lowest BCUT2D eigenvalue weighted by Gasteiger charge is -2.44. The van der Waals surface area contributed by atoms with Crippen molar-refractivity contribution in [3.05, 3.63) is 12.2 Å². The van der Waals surface area contributed by atoms with Crippen LogP contribution in [0.3, 0.4) is 0 Å². The zero-order chi connectivity index (χ0) is 29.1. The van der Waals surface area contributed by atoms with Crippen molar-refractivity contribution < 1.29 is 97.3 Å². The molecular weight excluding hydrogens is 571 g/mol. The lowest BCUT2D eigenvalue weighted by molar-refractivity contribution is -0.473. The van der Waals surface area contributed by atoms with Gasteiger partial charge in [-0.1, -0.05) is 6.08 Å². The van der Waals surface area contributed by atoms with Crippen LogP contribution >= 0.6 is 0 Å². The second-order valence-electron chi connectivity index (χ2n) is 6.30. The Balaban J connectivity index is 7.05. The van der Waals surface area contributed by atoms with Crippen LogP contribution in [0.15, 0.2) is 12.2 Å². The lowest BCUT2D eigenvalue weighted by Crippen LogP contribution is -2.76. The van der Waals surface area contributed by atoms with E-state index in [2.05, 4.69) is 0 Å². The van der Waals surface area contributed by atoms with Gasteiger partial charge in [0.1, 0.15) is 0 Å². The minimum atomic E-state index is -9.18. The molecule has 1 N–H and O–H groups in total. The summed E-state index contributed by atoms with van der Waals surface area (Å²) < 4.78 is 273. The normalized spacial score (nSPS) is 16.9. The van der Waals surface area contributed by atoms with E-state index in [9.17, 15) is 92.2 Å². The van der Waals surface area contributed by atoms with Gasteiger partial charge in [0.15, 0.2) is 0 Å². The van der Waals surface area contributed by atoms with E-state index < -0.39 is 78.2 Å². The summed E-state index contributed by atoms with van der Waals surface area (Å²) in [5.74, 6) is -77.2. The van der Waals surface area contributed by atoms with E-state index in [0.717, 1.165) is 0 Å². The highest BCUT2D eigenvalue weighted by Gasteiger charge is 2.97. The Morgan fingerprint density at radius 1 is 0.371 bits per heavy atom. The average Bonchev–Trinajstić information content (AvgIpc) is 2.64. The number of aliphatic hydroxyl groups excluding tert-OH is 1. The average molecular weight is 576 g/mol. The number of allylic oxidation sites excluding steroid dienone is 1. The van der Waals surface area contributed by atoms with Gasteiger partial charge in [-0.25, -0.2) is 0 Å². The maximum Gasteiger partial charge on any atom is 0.460 e. The first-order valence-electron chi connectivity index (χ1n) is 7.57. The monoisotopic (exact) mass is 576 g/mol. The van der Waals surface area contributed by atoms with Gasteiger partial charge in [-0.2, -0.15) is 92.2 Å². The Morgan fingerprint density at radius 3 is 0.829 bits per heavy atom. The van der Waals surface area contributed by atoms with Gasteiger partial charge in [0.2, 0.25) is 0 Å². The fourth-order valence-electron chi connectivity index (χ4n) is 1.88. The van der Waals surface area contributed by atoms with Gasteiger partial charge in [-0.05, 0) is 6.08 Å². The summed E-state index contributed by atoms with van der Waals surface area (Å²) in [5.41, 5.74) is 0. The molecule has 0 heterocycles. The molecule has 0 unspecified atom stereocenters. The molecule has 0 fully saturated rings. The van der Waals surface area contributed by atoms with Crippen molar-refractivity contribution in [2.24, 2.45) is 0 Å². The van der Waals surface area contributed by atoms with Gasteiger partial charge in [-0.3, -0.25) is 0 Å². The Morgan fingerprint density at radius 2 is 0.600 bits per heavy atom. The number of hydrogen-bond donors (Lipinski definition) is 1. The molecule has 0 aliphatic heterocycles. The Labute approximate surface area is 177 Å². The van der Waals surface area contributed by atoms with Crippen LogP contribution in [0.25, 0.3) is 0 Å². The predicted octanol–water partition coefficient (Wildman–Crippen LogP) is 6.81. The molecule has 0 rings (SSSR count). The topological polar surface area (TPSA) is 20.2 Å². The molecular formula is C13H5F21O. The second kappa shape index (κ2) is 8.38. The molecule has 1 nitrogen and oxygen atoms in total. The molecule has 0 saturated heterocycles. The van der Waals surface area contributed by atoms with E-state index in [4.69, 9.17) is 5.11 Å². The molecule has 0 atom stereocenters. The fourth-order valence-corrected chi connectivity index (χ4v) is 1.88. The quantitative estimate of drug-likeness (QED) is 0.224. The number of aliphatic hydroxyl groups is 1. The molecule has 0 bridgehead atoms. The van der Waals surface area contributed by atoms with Crippen molar-refractivity contribution in [3.63, 3.8) is 0 Å². The summed E-state index contributed by atoms with van der Waals surface area (Å²) in [6.07, 6.45) is -10.2. The summed E-state index contributed by atoms with van der Waals surface area (Å²) in [6, 6.07) is 0. The van der Waals surface area contributed by atoms with Crippen LogP contribution in [-0.4, -0.2) is 71.2 Å². The molecule has 0 aromatic rings. The summed E-state index contributed by atoms with van der Waals surface area (Å²) in [6.45, 7) is -1.77. The van der Waals surface area contributed by atoms with Crippen LogP contribution in [0, 0.1) is 0 Å². The predicted molar refractivity (Wildman–Crippen MR) is 66.8 cm³/mol. The van der Waals surface area contributed by atoms with E-state index in [1.165, 1.54) is 0 Å². The number of hydrogen-bond acceptors (Lipinski definition) is 1. The molecule has 0 amide bonds. The highest BCUT2D eigenvalue weighted by atomic mass is 19.4. The molecule has 0 aliphatic rings. The third-order valence-electron chi connectivity index (χ3n) is 3.97. The van der Waals surface area contributed by atoms with Gasteiger partial charge in [0, 0.05) is 0 Å². The first-order valence-corrected chi connectivity index (χ1v) is 7.57. The van der Waals surface area contributed by atoms with E-state index in [1.807, 2.05) is 0 Å². The van der Waals surface area contributed by atoms with Gasteiger partial charge in [0.05, 0.1) is 6.61 Å². The van der Waals surface area contributed by atoms with Crippen LogP contribution in [0.2, 0.25) is 0 Å². The van der Waals surface area contributed by atoms with Crippen LogP contribution in [0.5, 0.6) is 0 Å². The van der Waals surface area contributed by atoms with Crippen molar-refractivity contribution in [1.29, 1.82) is 0 Å². The minimum Gasteiger partial charge on any atom is -0.392 e. The largest absolute Gasteiger partial charge is 0.460 e. The molecule has 0 aliphatic carbocycles. The third kappa shape index (κ3) is 4.15. The molecule has 0 aromatic heterocycles. The van der Waals surface area contributed by atoms with E-state index in [0.29, 0.717) is 0 Å². The summed E-state index contributed by atoms with van der Waals surface area (Å²) in [7, 11) is 0. The molecule has 0 aromatic carbocycles. The van der Waals surface area contributed by atoms with Crippen LogP contribution in [0.4, 0.5) is 92.2 Å². The fraction of sp³-hybridized carbons (Fsp3) is 0.846. The molecule has 22 heteroatoms. The Kier molecular flexibility index (Phi) is 7.96. The van der Waals surface area contributed by atoms with Crippen molar-refractivity contribution in [3.8, 4) is 0 Å². The highest BCUT2D eigenvalue weighted by molar-refractivity contribution is 5.19. The van der Waals surface area contributed by atoms with Crippen molar-refractivity contribution in [1.82, 2.24) is 0 Å². The van der Waals surface area contributed by atoms with Crippen LogP contribution in [0.1, 0.15) is 0 Å². The van der Waals surface area contributed by atoms with Gasteiger partial charge >= 0.3 is 59.5 Å². The lowest BCUT2D eigenvalue weighted by atomic mass is 9.86. The van der Waals surface area contributed by atoms with Crippen LogP contribution in [-0.2, 0) is 0 Å². The van der Waals surface area contributed by atoms with E-state index in [-0.39, 0.29) is 0 Å². The number of alkyl halides is 21. The molecule has 0 saturated carbocycles. The zero-order valence-corrected chi connectivity index (χ0v) is 15.2. The molecule has 210 valence electrons. The molecule has 35 heavy (non-hydrogen) atoms. The molecule has 0 spiro atoms. The van der Waals surface area contributed by atoms with Crippen molar-refractivity contribution in [2.75, 3.05) is 6.61 Å². The van der Waals surface area contributed by atoms with E-state index in [1.54, 1.807) is 0 Å². The SMILES string of the molecule is OCC=CC(F)(F)C(F)(F)C(F)(F)C(F)(F)C(F)(F)C(F)(F)C(F)(F)C(F)(F)C(F)(F)C(F)(F)F. The van der Waals surface area contributed by atoms with E-state index >= 15 is 0 Å². The smallest absolute Gasteiger partial charge is 0.392 e. The Bertz CT molecular complexity index is 788. The molecule has 0 radical (unpaired) electrons. The maximum atomic E-state index is 13.4. The van der Waals surface area contributed by atoms with Crippen molar-refractivity contribution >= 4 is 0 Å². The summed E-state index contributed by atoms with van der Waals surface area (Å²) in [4.78, 5) is 0. The Hall–Kier alpha value is -1.77. The van der Waals surface area contributed by atoms with Crippen molar-refractivity contribution in [2.45, 2.75) is 59.5 Å². The minimum absolute atomic E-state index is 0.636. The first-order chi connectivity index (χ1) is 14.8. The van der Waals surface area contributed by atoms with Crippen LogP contribution < -0.4 is 0 Å². The van der Waals surface area contributed by atoms with Gasteiger partial charge < -0.3 is 5.11 Å². The zero-order valence-electron chi connectivity index (χ0n) is 15.2. The first kappa shape index (κ1) is 33.2. The highest BCUT2D eigenvalue weighted by Crippen LogP contribution is 2.66. The standard InChI is InChI=1S/C13H5F21O/c14-4(15,2-1-3-35)5(16,17)6(18,19)7(20,21)8(22,23)9(24,25)10(26,27)11(28,29)12(30,31)13(32,33)34/h1-2,35H,3H2. The third-order valence-corrected chi connectivity index (χ3v) is 3.97. The van der Waals surface area contributed by atoms with Gasteiger partial charge in [0.25, 0.3) is 0 Å².